The van der Waals surface area contributed by atoms with Gasteiger partial charge in [0.25, 0.3) is 0 Å². The number of benzene rings is 4. The molecule has 3 heteroatoms. The van der Waals surface area contributed by atoms with E-state index < -0.39 is 24.0 Å². The van der Waals surface area contributed by atoms with Crippen LogP contribution in [0.3, 0.4) is 0 Å². The van der Waals surface area contributed by atoms with Gasteiger partial charge in [0.05, 0.1) is 0 Å². The fraction of sp³-hybridized carbons (Fsp3) is 0.150. The third kappa shape index (κ3) is 8.31. The van der Waals surface area contributed by atoms with Crippen LogP contribution in [0.1, 0.15) is 48.6 Å². The molecule has 0 spiro atoms. The van der Waals surface area contributed by atoms with E-state index in [-0.39, 0.29) is 5.54 Å². The topological polar surface area (TPSA) is 12.0 Å². The Morgan fingerprint density at radius 2 is 1.28 bits per heavy atom. The first-order valence-electron chi connectivity index (χ1n) is 15.2. The van der Waals surface area contributed by atoms with Gasteiger partial charge < -0.3 is 0 Å². The molecule has 2 aliphatic rings. The van der Waals surface area contributed by atoms with Gasteiger partial charge in [0.1, 0.15) is 0 Å². The van der Waals surface area contributed by atoms with Crippen molar-refractivity contribution >= 4 is 40.4 Å². The maximum absolute atomic E-state index is 4.10. The Morgan fingerprint density at radius 1 is 0.721 bits per heavy atom. The van der Waals surface area contributed by atoms with E-state index in [2.05, 4.69) is 153 Å². The monoisotopic (exact) mass is 612 g/mol. The van der Waals surface area contributed by atoms with Gasteiger partial charge in [-0.1, -0.05) is 85.0 Å². The summed E-state index contributed by atoms with van der Waals surface area (Å²) in [6, 6.07) is 36.3. The van der Waals surface area contributed by atoms with Crippen molar-refractivity contribution in [2.75, 3.05) is 0 Å². The zero-order chi connectivity index (χ0) is 30.2. The molecule has 0 aliphatic heterocycles. The molecule has 1 N–H and O–H groups in total. The molecule has 43 heavy (non-hydrogen) atoms. The van der Waals surface area contributed by atoms with Gasteiger partial charge in [-0.15, -0.1) is 0 Å². The van der Waals surface area contributed by atoms with E-state index in [1.165, 1.54) is 43.8 Å². The second kappa shape index (κ2) is 14.3. The summed E-state index contributed by atoms with van der Waals surface area (Å²) in [6.07, 6.45) is 17.5. The number of fused-ring (bicyclic) bond motifs is 2. The van der Waals surface area contributed by atoms with Crippen LogP contribution in [0, 0.1) is 0 Å². The molecule has 0 aromatic heterocycles. The van der Waals surface area contributed by atoms with Gasteiger partial charge in [0, 0.05) is 0 Å². The number of rotatable bonds is 7. The molecule has 0 radical (unpaired) electrons. The van der Waals surface area contributed by atoms with Crippen LogP contribution in [-0.4, -0.2) is 12.2 Å². The zero-order valence-corrected chi connectivity index (χ0v) is 28.7. The van der Waals surface area contributed by atoms with Crippen molar-refractivity contribution < 1.29 is 17.4 Å². The number of hydrogen-bond acceptors (Lipinski definition) is 1. The van der Waals surface area contributed by atoms with Crippen LogP contribution in [0.25, 0.3) is 33.8 Å². The summed E-state index contributed by atoms with van der Waals surface area (Å²) >= 11 is -1.55. The number of hydrogen-bond donors (Lipinski definition) is 1. The van der Waals surface area contributed by atoms with Crippen molar-refractivity contribution in [3.05, 3.63) is 166 Å². The zero-order valence-electron chi connectivity index (χ0n) is 26.0. The Labute approximate surface area is 265 Å². The molecule has 215 valence electrons. The van der Waals surface area contributed by atoms with Gasteiger partial charge in [-0.05, 0) is 11.1 Å². The summed E-state index contributed by atoms with van der Waals surface area (Å²) in [5.74, 6) is 0. The molecule has 4 aromatic carbocycles. The van der Waals surface area contributed by atoms with Gasteiger partial charge in [0.15, 0.2) is 0 Å². The second-order valence-electron chi connectivity index (χ2n) is 12.4. The molecule has 0 fully saturated rings. The molecule has 0 bridgehead atoms. The predicted octanol–water partition coefficient (Wildman–Crippen LogP) is 8.37. The van der Waals surface area contributed by atoms with Gasteiger partial charge in [-0.2, -0.15) is 0 Å². The van der Waals surface area contributed by atoms with Gasteiger partial charge in [-0.3, -0.25) is 0 Å². The Morgan fingerprint density at radius 3 is 1.81 bits per heavy atom. The Kier molecular flexibility index (Phi) is 10.3. The maximum atomic E-state index is 4.10. The summed E-state index contributed by atoms with van der Waals surface area (Å²) in [6.45, 7) is 11.2. The first-order chi connectivity index (χ1) is 20.8. The molecule has 1 nitrogen and oxygen atoms in total. The van der Waals surface area contributed by atoms with E-state index in [1.54, 1.807) is 3.88 Å². The molecule has 0 unspecified atom stereocenters. The molecular formula is C40H42NSiTi. The quantitative estimate of drug-likeness (QED) is 0.163. The minimum absolute atomic E-state index is 0.174. The van der Waals surface area contributed by atoms with E-state index in [0.29, 0.717) is 0 Å². The van der Waals surface area contributed by atoms with Crippen LogP contribution >= 0.6 is 0 Å². The van der Waals surface area contributed by atoms with Crippen LogP contribution in [0.2, 0.25) is 13.1 Å². The summed E-state index contributed by atoms with van der Waals surface area (Å²) in [4.78, 5) is 0. The molecule has 0 atom stereocenters. The van der Waals surface area contributed by atoms with Crippen molar-refractivity contribution in [1.29, 1.82) is 0 Å². The Hall–Kier alpha value is -3.53. The predicted molar refractivity (Wildman–Crippen MR) is 189 cm³/mol. The van der Waals surface area contributed by atoms with Crippen LogP contribution in [0.4, 0.5) is 0 Å². The van der Waals surface area contributed by atoms with Crippen molar-refractivity contribution in [2.45, 2.75) is 39.4 Å². The summed E-state index contributed by atoms with van der Waals surface area (Å²) < 4.78 is 5.74. The van der Waals surface area contributed by atoms with Crippen molar-refractivity contribution in [3.63, 3.8) is 0 Å². The van der Waals surface area contributed by atoms with E-state index in [1.807, 2.05) is 36.4 Å². The average Bonchev–Trinajstić information content (AvgIpc) is 3.62. The normalized spacial score (nSPS) is 13.5. The standard InChI is InChI=1S/C18H11.C16H14.C4H10N.C2H7Si.Ti/c1-2-5-13(6-3-1)17-10-9-16-11-14-7-4-8-15(14)12-18(16)17;1-3-9-15(10-4-1)13-7-8-14-16-11-5-2-6-12-16;1-4(2,3)5;1-3-2;/h1-8,10-12H;1-14H;5H,1-3H3;3H,1-2H3;/q;;-1;;+1. The SMILES string of the molecule is C(C=Cc1ccccc1)=Cc1ccccc1.C[SiH](C)[Ti]([NH]C(C)(C)C)[C]1=c2cc3c(cc2C(c2ccccc2)=C1)=CC=C3. The minimum atomic E-state index is -1.55. The van der Waals surface area contributed by atoms with E-state index in [4.69, 9.17) is 0 Å². The average molecular weight is 613 g/mol. The number of nitrogens with one attached hydrogen (secondary N) is 1. The van der Waals surface area contributed by atoms with Crippen LogP contribution in [-0.2, 0) is 17.4 Å². The molecule has 0 saturated heterocycles. The van der Waals surface area contributed by atoms with Crippen LogP contribution < -0.4 is 14.2 Å². The van der Waals surface area contributed by atoms with Crippen LogP contribution in [0.15, 0.2) is 127 Å². The van der Waals surface area contributed by atoms with E-state index in [9.17, 15) is 0 Å². The van der Waals surface area contributed by atoms with Crippen molar-refractivity contribution in [3.8, 4) is 0 Å². The second-order valence-corrected chi connectivity index (χ2v) is 25.0. The fourth-order valence-electron chi connectivity index (χ4n) is 5.39. The molecule has 6 rings (SSSR count). The molecular weight excluding hydrogens is 570 g/mol. The van der Waals surface area contributed by atoms with Gasteiger partial charge >= 0.3 is 171 Å². The summed E-state index contributed by atoms with van der Waals surface area (Å²) in [5.41, 5.74) is 8.14. The first-order valence-corrected chi connectivity index (χ1v) is 22.4. The van der Waals surface area contributed by atoms with Crippen LogP contribution in [0.5, 0.6) is 0 Å². The summed E-state index contributed by atoms with van der Waals surface area (Å²) in [5, 5.41) is 2.84. The number of allylic oxidation sites excluding steroid dienone is 4. The van der Waals surface area contributed by atoms with E-state index in [0.717, 1.165) is 0 Å². The van der Waals surface area contributed by atoms with Gasteiger partial charge in [0.2, 0.25) is 0 Å². The van der Waals surface area contributed by atoms with E-state index >= 15 is 0 Å². The molecule has 2 aliphatic carbocycles. The Bertz CT molecular complexity index is 1730. The summed E-state index contributed by atoms with van der Waals surface area (Å²) in [7, 11) is 0. The molecule has 4 aromatic rings. The molecule has 0 saturated carbocycles. The third-order valence-corrected chi connectivity index (χ3v) is 19.0. The fourth-order valence-corrected chi connectivity index (χ4v) is 16.1. The van der Waals surface area contributed by atoms with Crippen molar-refractivity contribution in [1.82, 2.24) is 3.80 Å². The molecule has 0 amide bonds. The molecule has 0 heterocycles. The van der Waals surface area contributed by atoms with Gasteiger partial charge in [-0.25, -0.2) is 0 Å². The van der Waals surface area contributed by atoms with Crippen molar-refractivity contribution in [2.24, 2.45) is 0 Å². The Balaban J connectivity index is 0.000000196. The third-order valence-electron chi connectivity index (χ3n) is 7.39. The first kappa shape index (κ1) is 30.9.